The molecule has 0 aliphatic rings. The third kappa shape index (κ3) is 4.59. The molecule has 0 unspecified atom stereocenters. The Bertz CT molecular complexity index is 606. The molecule has 2 aromatic heterocycles. The van der Waals surface area contributed by atoms with Crippen LogP contribution in [0.2, 0.25) is 0 Å². The van der Waals surface area contributed by atoms with Crippen molar-refractivity contribution in [2.45, 2.75) is 40.2 Å². The smallest absolute Gasteiger partial charge is 0.317 e. The molecule has 0 aliphatic carbocycles. The SMILES string of the molecule is CCN(Cc1ccc(C)o1)C(=O)NCCCc1scnc1C. The molecule has 2 rings (SSSR count). The van der Waals surface area contributed by atoms with Gasteiger partial charge in [-0.3, -0.25) is 0 Å². The van der Waals surface area contributed by atoms with Gasteiger partial charge in [-0.25, -0.2) is 9.78 Å². The molecule has 0 aromatic carbocycles. The Morgan fingerprint density at radius 3 is 2.82 bits per heavy atom. The second-order valence-corrected chi connectivity index (χ2v) is 6.16. The summed E-state index contributed by atoms with van der Waals surface area (Å²) in [5.41, 5.74) is 2.97. The van der Waals surface area contributed by atoms with Crippen molar-refractivity contribution in [2.75, 3.05) is 13.1 Å². The zero-order valence-corrected chi connectivity index (χ0v) is 14.2. The van der Waals surface area contributed by atoms with Gasteiger partial charge in [-0.15, -0.1) is 11.3 Å². The van der Waals surface area contributed by atoms with Crippen molar-refractivity contribution < 1.29 is 9.21 Å². The van der Waals surface area contributed by atoms with Crippen LogP contribution in [0.4, 0.5) is 4.79 Å². The van der Waals surface area contributed by atoms with E-state index in [1.54, 1.807) is 16.2 Å². The number of aromatic nitrogens is 1. The van der Waals surface area contributed by atoms with E-state index in [4.69, 9.17) is 4.42 Å². The number of nitrogens with one attached hydrogen (secondary N) is 1. The number of carbonyl (C=O) groups is 1. The van der Waals surface area contributed by atoms with E-state index in [2.05, 4.69) is 10.3 Å². The van der Waals surface area contributed by atoms with Crippen LogP contribution < -0.4 is 5.32 Å². The number of amides is 2. The molecule has 5 nitrogen and oxygen atoms in total. The highest BCUT2D eigenvalue weighted by Gasteiger charge is 2.13. The Morgan fingerprint density at radius 2 is 2.23 bits per heavy atom. The number of carbonyl (C=O) groups excluding carboxylic acids is 1. The number of furan rings is 1. The lowest BCUT2D eigenvalue weighted by atomic mass is 10.2. The Balaban J connectivity index is 1.73. The van der Waals surface area contributed by atoms with Crippen LogP contribution in [0.5, 0.6) is 0 Å². The molecular formula is C16H23N3O2S. The van der Waals surface area contributed by atoms with E-state index in [1.165, 1.54) is 4.88 Å². The highest BCUT2D eigenvalue weighted by atomic mass is 32.1. The second kappa shape index (κ2) is 7.98. The fourth-order valence-corrected chi connectivity index (χ4v) is 3.03. The minimum Gasteiger partial charge on any atom is -0.464 e. The zero-order valence-electron chi connectivity index (χ0n) is 13.4. The molecule has 1 N–H and O–H groups in total. The Labute approximate surface area is 135 Å². The minimum atomic E-state index is -0.0439. The summed E-state index contributed by atoms with van der Waals surface area (Å²) >= 11 is 1.68. The average molecular weight is 321 g/mol. The van der Waals surface area contributed by atoms with E-state index >= 15 is 0 Å². The minimum absolute atomic E-state index is 0.0439. The van der Waals surface area contributed by atoms with Gasteiger partial charge >= 0.3 is 6.03 Å². The Kier molecular flexibility index (Phi) is 6.00. The number of hydrogen-bond acceptors (Lipinski definition) is 4. The van der Waals surface area contributed by atoms with Crippen molar-refractivity contribution in [1.29, 1.82) is 0 Å². The van der Waals surface area contributed by atoms with Gasteiger partial charge in [-0.2, -0.15) is 0 Å². The first kappa shape index (κ1) is 16.5. The van der Waals surface area contributed by atoms with Crippen LogP contribution in [0.3, 0.4) is 0 Å². The number of nitrogens with zero attached hydrogens (tertiary/aromatic N) is 2. The molecule has 2 amide bonds. The standard InChI is InChI=1S/C16H23N3O2S/c1-4-19(10-14-8-7-12(2)21-14)16(20)17-9-5-6-15-13(3)18-11-22-15/h7-8,11H,4-6,9-10H2,1-3H3,(H,17,20). The summed E-state index contributed by atoms with van der Waals surface area (Å²) in [5, 5.41) is 2.97. The first-order valence-electron chi connectivity index (χ1n) is 7.57. The van der Waals surface area contributed by atoms with E-state index in [1.807, 2.05) is 38.4 Å². The molecule has 0 bridgehead atoms. The lowest BCUT2D eigenvalue weighted by molar-refractivity contribution is 0.193. The number of urea groups is 1. The van der Waals surface area contributed by atoms with E-state index in [9.17, 15) is 4.79 Å². The van der Waals surface area contributed by atoms with Crippen molar-refractivity contribution in [1.82, 2.24) is 15.2 Å². The summed E-state index contributed by atoms with van der Waals surface area (Å²) in [6, 6.07) is 3.79. The number of thiazole rings is 1. The summed E-state index contributed by atoms with van der Waals surface area (Å²) in [4.78, 5) is 19.5. The first-order valence-corrected chi connectivity index (χ1v) is 8.45. The lowest BCUT2D eigenvalue weighted by Gasteiger charge is -2.20. The maximum atomic E-state index is 12.2. The monoisotopic (exact) mass is 321 g/mol. The van der Waals surface area contributed by atoms with Crippen LogP contribution in [0.1, 0.15) is 35.4 Å². The molecule has 0 saturated carbocycles. The van der Waals surface area contributed by atoms with Gasteiger partial charge in [0.1, 0.15) is 11.5 Å². The summed E-state index contributed by atoms with van der Waals surface area (Å²) in [6.07, 6.45) is 1.88. The fourth-order valence-electron chi connectivity index (χ4n) is 2.21. The van der Waals surface area contributed by atoms with Gasteiger partial charge in [-0.1, -0.05) is 0 Å². The van der Waals surface area contributed by atoms with Gasteiger partial charge in [0.25, 0.3) is 0 Å². The third-order valence-electron chi connectivity index (χ3n) is 3.51. The third-order valence-corrected chi connectivity index (χ3v) is 4.51. The maximum Gasteiger partial charge on any atom is 0.317 e. The molecule has 0 saturated heterocycles. The predicted molar refractivity (Wildman–Crippen MR) is 88.1 cm³/mol. The first-order chi connectivity index (χ1) is 10.6. The van der Waals surface area contributed by atoms with Gasteiger partial charge in [0.2, 0.25) is 0 Å². The molecule has 22 heavy (non-hydrogen) atoms. The molecule has 0 fully saturated rings. The van der Waals surface area contributed by atoms with Crippen molar-refractivity contribution in [3.05, 3.63) is 39.7 Å². The van der Waals surface area contributed by atoms with Gasteiger partial charge in [0.15, 0.2) is 0 Å². The fraction of sp³-hybridized carbons (Fsp3) is 0.500. The molecule has 6 heteroatoms. The van der Waals surface area contributed by atoms with E-state index in [-0.39, 0.29) is 6.03 Å². The van der Waals surface area contributed by atoms with Crippen LogP contribution in [0.15, 0.2) is 22.1 Å². The van der Waals surface area contributed by atoms with Gasteiger partial charge in [0.05, 0.1) is 17.7 Å². The van der Waals surface area contributed by atoms with E-state index < -0.39 is 0 Å². The van der Waals surface area contributed by atoms with Gasteiger partial charge in [-0.05, 0) is 45.7 Å². The second-order valence-electron chi connectivity index (χ2n) is 5.22. The van der Waals surface area contributed by atoms with Crippen LogP contribution >= 0.6 is 11.3 Å². The normalized spacial score (nSPS) is 10.7. The topological polar surface area (TPSA) is 58.4 Å². The van der Waals surface area contributed by atoms with Crippen LogP contribution in [-0.4, -0.2) is 29.0 Å². The maximum absolute atomic E-state index is 12.2. The predicted octanol–water partition coefficient (Wildman–Crippen LogP) is 3.52. The number of aryl methyl sites for hydroxylation is 3. The Morgan fingerprint density at radius 1 is 1.41 bits per heavy atom. The summed E-state index contributed by atoms with van der Waals surface area (Å²) in [5.74, 6) is 1.68. The molecule has 120 valence electrons. The highest BCUT2D eigenvalue weighted by Crippen LogP contribution is 2.14. The summed E-state index contributed by atoms with van der Waals surface area (Å²) < 4.78 is 5.53. The molecule has 0 aliphatic heterocycles. The Hall–Kier alpha value is -1.82. The molecule has 2 heterocycles. The largest absolute Gasteiger partial charge is 0.464 e. The summed E-state index contributed by atoms with van der Waals surface area (Å²) in [7, 11) is 0. The average Bonchev–Trinajstić information content (AvgIpc) is 3.09. The number of rotatable bonds is 7. The van der Waals surface area contributed by atoms with Gasteiger partial charge in [0, 0.05) is 18.0 Å². The lowest BCUT2D eigenvalue weighted by Crippen LogP contribution is -2.39. The van der Waals surface area contributed by atoms with Crippen LogP contribution in [-0.2, 0) is 13.0 Å². The number of hydrogen-bond donors (Lipinski definition) is 1. The molecule has 0 radical (unpaired) electrons. The molecule has 0 atom stereocenters. The highest BCUT2D eigenvalue weighted by molar-refractivity contribution is 7.09. The van der Waals surface area contributed by atoms with Crippen LogP contribution in [0.25, 0.3) is 0 Å². The molecule has 0 spiro atoms. The van der Waals surface area contributed by atoms with E-state index in [0.29, 0.717) is 19.6 Å². The quantitative estimate of drug-likeness (QED) is 0.794. The van der Waals surface area contributed by atoms with Gasteiger partial charge < -0.3 is 14.6 Å². The molecular weight excluding hydrogens is 298 g/mol. The van der Waals surface area contributed by atoms with E-state index in [0.717, 1.165) is 30.1 Å². The van der Waals surface area contributed by atoms with Crippen molar-refractivity contribution in [3.8, 4) is 0 Å². The van der Waals surface area contributed by atoms with Crippen molar-refractivity contribution in [3.63, 3.8) is 0 Å². The van der Waals surface area contributed by atoms with Crippen LogP contribution in [0, 0.1) is 13.8 Å². The van der Waals surface area contributed by atoms with Crippen molar-refractivity contribution >= 4 is 17.4 Å². The molecule has 2 aromatic rings. The zero-order chi connectivity index (χ0) is 15.9. The van der Waals surface area contributed by atoms with Crippen molar-refractivity contribution in [2.24, 2.45) is 0 Å². The summed E-state index contributed by atoms with van der Waals surface area (Å²) in [6.45, 7) is 7.72.